The molecule has 1 N–H and O–H groups in total. The Morgan fingerprint density at radius 2 is 2.38 bits per heavy atom. The number of esters is 1. The molecule has 6 nitrogen and oxygen atoms in total. The summed E-state index contributed by atoms with van der Waals surface area (Å²) in [5, 5.41) is 10.1. The molecular formula is C13H16N4O2S2. The average molecular weight is 324 g/mol. The average Bonchev–Trinajstić information content (AvgIpc) is 2.91. The number of benzene rings is 1. The van der Waals surface area contributed by atoms with Crippen LogP contribution in [0.2, 0.25) is 0 Å². The van der Waals surface area contributed by atoms with E-state index >= 15 is 0 Å². The second kappa shape index (κ2) is 7.94. The van der Waals surface area contributed by atoms with Crippen molar-refractivity contribution in [3.8, 4) is 5.69 Å². The first kappa shape index (κ1) is 15.7. The van der Waals surface area contributed by atoms with Gasteiger partial charge in [-0.25, -0.2) is 4.68 Å². The third kappa shape index (κ3) is 4.68. The Labute approximate surface area is 131 Å². The van der Waals surface area contributed by atoms with Gasteiger partial charge in [0.1, 0.15) is 0 Å². The Kier molecular flexibility index (Phi) is 5.94. The first-order valence-electron chi connectivity index (χ1n) is 6.59. The van der Waals surface area contributed by atoms with Crippen molar-refractivity contribution in [3.05, 3.63) is 29.0 Å². The SMILES string of the molecule is CCCOC(=O)CCSc1cccc(-n2[nH]nnc2=S)c1. The van der Waals surface area contributed by atoms with E-state index in [0.717, 1.165) is 17.0 Å². The fourth-order valence-electron chi connectivity index (χ4n) is 1.62. The van der Waals surface area contributed by atoms with E-state index in [4.69, 9.17) is 17.0 Å². The molecule has 0 bridgehead atoms. The van der Waals surface area contributed by atoms with Gasteiger partial charge in [0, 0.05) is 10.6 Å². The van der Waals surface area contributed by atoms with Crippen LogP contribution in [0.15, 0.2) is 29.2 Å². The number of aromatic nitrogens is 4. The van der Waals surface area contributed by atoms with Gasteiger partial charge in [0.15, 0.2) is 0 Å². The normalized spacial score (nSPS) is 10.5. The highest BCUT2D eigenvalue weighted by Gasteiger charge is 2.05. The van der Waals surface area contributed by atoms with Gasteiger partial charge < -0.3 is 4.74 Å². The predicted molar refractivity (Wildman–Crippen MR) is 83.1 cm³/mol. The summed E-state index contributed by atoms with van der Waals surface area (Å²) in [5.74, 6) is 0.527. The first-order valence-corrected chi connectivity index (χ1v) is 7.99. The quantitative estimate of drug-likeness (QED) is 0.480. The number of nitrogens with zero attached hydrogens (tertiary/aromatic N) is 3. The van der Waals surface area contributed by atoms with Crippen LogP contribution < -0.4 is 0 Å². The highest BCUT2D eigenvalue weighted by molar-refractivity contribution is 7.99. The number of hydrogen-bond acceptors (Lipinski definition) is 6. The number of H-pyrrole nitrogens is 1. The summed E-state index contributed by atoms with van der Waals surface area (Å²) in [5.41, 5.74) is 0.864. The summed E-state index contributed by atoms with van der Waals surface area (Å²) in [6.07, 6.45) is 1.25. The van der Waals surface area contributed by atoms with E-state index in [-0.39, 0.29) is 5.97 Å². The summed E-state index contributed by atoms with van der Waals surface area (Å²) >= 11 is 6.66. The molecule has 2 aromatic rings. The van der Waals surface area contributed by atoms with Crippen molar-refractivity contribution >= 4 is 29.9 Å². The minimum absolute atomic E-state index is 0.152. The largest absolute Gasteiger partial charge is 0.466 e. The van der Waals surface area contributed by atoms with Crippen LogP contribution in [0, 0.1) is 4.77 Å². The molecule has 0 unspecified atom stereocenters. The third-order valence-corrected chi connectivity index (χ3v) is 3.85. The molecule has 0 aliphatic carbocycles. The fraction of sp³-hybridized carbons (Fsp3) is 0.385. The molecule has 0 aliphatic heterocycles. The van der Waals surface area contributed by atoms with Crippen LogP contribution in [0.5, 0.6) is 0 Å². The molecule has 1 aromatic heterocycles. The number of hydrogen-bond donors (Lipinski definition) is 1. The standard InChI is InChI=1S/C13H16N4O2S2/c1-2-7-19-12(18)6-8-21-11-5-3-4-10(9-11)17-13(20)14-15-16-17/h3-5,9H,2,6-8H2,1H3,(H,14,16,20). The number of thioether (sulfide) groups is 1. The third-order valence-electron chi connectivity index (χ3n) is 2.59. The molecule has 0 saturated carbocycles. The maximum absolute atomic E-state index is 11.4. The molecule has 0 fully saturated rings. The van der Waals surface area contributed by atoms with Crippen LogP contribution in [-0.2, 0) is 9.53 Å². The number of ether oxygens (including phenoxy) is 1. The number of rotatable bonds is 7. The Balaban J connectivity index is 1.92. The first-order chi connectivity index (χ1) is 10.2. The summed E-state index contributed by atoms with van der Waals surface area (Å²) in [7, 11) is 0. The van der Waals surface area contributed by atoms with Gasteiger partial charge in [-0.15, -0.1) is 11.8 Å². The van der Waals surface area contributed by atoms with Gasteiger partial charge in [0.05, 0.1) is 18.7 Å². The molecule has 21 heavy (non-hydrogen) atoms. The Morgan fingerprint density at radius 1 is 1.52 bits per heavy atom. The molecular weight excluding hydrogens is 308 g/mol. The summed E-state index contributed by atoms with van der Waals surface area (Å²) < 4.78 is 7.03. The lowest BCUT2D eigenvalue weighted by Gasteiger charge is -2.05. The number of tetrazole rings is 1. The lowest BCUT2D eigenvalue weighted by Crippen LogP contribution is -2.06. The number of carbonyl (C=O) groups excluding carboxylic acids is 1. The maximum Gasteiger partial charge on any atom is 0.306 e. The van der Waals surface area contributed by atoms with Crippen molar-refractivity contribution in [3.63, 3.8) is 0 Å². The summed E-state index contributed by atoms with van der Waals surface area (Å²) in [6.45, 7) is 2.47. The van der Waals surface area contributed by atoms with E-state index in [1.165, 1.54) is 0 Å². The second-order valence-corrected chi connectivity index (χ2v) is 5.77. The van der Waals surface area contributed by atoms with Crippen LogP contribution in [0.4, 0.5) is 0 Å². The Morgan fingerprint density at radius 3 is 3.10 bits per heavy atom. The highest BCUT2D eigenvalue weighted by Crippen LogP contribution is 2.21. The zero-order valence-electron chi connectivity index (χ0n) is 11.6. The molecule has 0 aliphatic rings. The zero-order chi connectivity index (χ0) is 15.1. The van der Waals surface area contributed by atoms with Crippen molar-refractivity contribution in [1.29, 1.82) is 0 Å². The van der Waals surface area contributed by atoms with Gasteiger partial charge in [-0.1, -0.05) is 23.3 Å². The molecule has 0 atom stereocenters. The molecule has 0 spiro atoms. The van der Waals surface area contributed by atoms with Gasteiger partial charge in [0.25, 0.3) is 0 Å². The smallest absolute Gasteiger partial charge is 0.306 e. The summed E-state index contributed by atoms with van der Waals surface area (Å²) in [4.78, 5) is 12.5. The van der Waals surface area contributed by atoms with E-state index in [1.54, 1.807) is 16.4 Å². The van der Waals surface area contributed by atoms with Gasteiger partial charge >= 0.3 is 5.97 Å². The molecule has 8 heteroatoms. The van der Waals surface area contributed by atoms with Gasteiger partial charge in [0.2, 0.25) is 4.77 Å². The molecule has 1 heterocycles. The fourth-order valence-corrected chi connectivity index (χ4v) is 2.69. The van der Waals surface area contributed by atoms with Crippen LogP contribution in [0.3, 0.4) is 0 Å². The minimum Gasteiger partial charge on any atom is -0.466 e. The van der Waals surface area contributed by atoms with Crippen molar-refractivity contribution < 1.29 is 9.53 Å². The van der Waals surface area contributed by atoms with Crippen LogP contribution in [0.25, 0.3) is 5.69 Å². The van der Waals surface area contributed by atoms with Crippen LogP contribution >= 0.6 is 24.0 Å². The van der Waals surface area contributed by atoms with Crippen LogP contribution in [-0.4, -0.2) is 38.5 Å². The van der Waals surface area contributed by atoms with Gasteiger partial charge in [-0.3, -0.25) is 4.79 Å². The Bertz CT molecular complexity index is 653. The molecule has 1 aromatic carbocycles. The zero-order valence-corrected chi connectivity index (χ0v) is 13.2. The van der Waals surface area contributed by atoms with Crippen molar-refractivity contribution in [2.24, 2.45) is 0 Å². The predicted octanol–water partition coefficient (Wildman–Crippen LogP) is 2.76. The Hall–Kier alpha value is -1.67. The molecule has 0 amide bonds. The van der Waals surface area contributed by atoms with E-state index in [2.05, 4.69) is 15.5 Å². The highest BCUT2D eigenvalue weighted by atomic mass is 32.2. The molecule has 0 radical (unpaired) electrons. The minimum atomic E-state index is -0.152. The van der Waals surface area contributed by atoms with Crippen molar-refractivity contribution in [1.82, 2.24) is 20.2 Å². The topological polar surface area (TPSA) is 72.8 Å². The molecule has 112 valence electrons. The van der Waals surface area contributed by atoms with E-state index in [1.807, 2.05) is 31.2 Å². The molecule has 0 saturated heterocycles. The van der Waals surface area contributed by atoms with E-state index in [0.29, 0.717) is 23.6 Å². The van der Waals surface area contributed by atoms with Gasteiger partial charge in [-0.05, 0) is 36.8 Å². The van der Waals surface area contributed by atoms with E-state index in [9.17, 15) is 4.79 Å². The number of carbonyl (C=O) groups is 1. The molecule has 2 rings (SSSR count). The lowest BCUT2D eigenvalue weighted by atomic mass is 10.3. The van der Waals surface area contributed by atoms with Gasteiger partial charge in [-0.2, -0.15) is 5.21 Å². The van der Waals surface area contributed by atoms with E-state index < -0.39 is 0 Å². The van der Waals surface area contributed by atoms with Crippen molar-refractivity contribution in [2.45, 2.75) is 24.7 Å². The monoisotopic (exact) mass is 324 g/mol. The second-order valence-electron chi connectivity index (χ2n) is 4.23. The number of nitrogens with one attached hydrogen (secondary N) is 1. The van der Waals surface area contributed by atoms with Crippen LogP contribution in [0.1, 0.15) is 19.8 Å². The van der Waals surface area contributed by atoms with Crippen molar-refractivity contribution in [2.75, 3.05) is 12.4 Å². The lowest BCUT2D eigenvalue weighted by molar-refractivity contribution is -0.143. The number of aromatic amines is 1. The summed E-state index contributed by atoms with van der Waals surface area (Å²) in [6, 6.07) is 7.79. The maximum atomic E-state index is 11.4.